The van der Waals surface area contributed by atoms with Crippen LogP contribution in [-0.4, -0.2) is 11.9 Å². The van der Waals surface area contributed by atoms with Gasteiger partial charge in [-0.2, -0.15) is 0 Å². The van der Waals surface area contributed by atoms with Crippen LogP contribution in [0.2, 0.25) is 0 Å². The lowest BCUT2D eigenvalue weighted by atomic mass is 9.60. The van der Waals surface area contributed by atoms with Crippen LogP contribution in [0.3, 0.4) is 0 Å². The Kier molecular flexibility index (Phi) is 4.05. The number of hydrogen-bond acceptors (Lipinski definition) is 2. The predicted octanol–water partition coefficient (Wildman–Crippen LogP) is 4.87. The SMILES string of the molecule is CC(C)c1cccc(OC2CC(=O)C23CCCCCC3)c1. The summed E-state index contributed by atoms with van der Waals surface area (Å²) in [6.07, 6.45) is 7.65. The van der Waals surface area contributed by atoms with E-state index in [4.69, 9.17) is 4.74 Å². The molecule has 1 unspecified atom stereocenters. The van der Waals surface area contributed by atoms with Crippen LogP contribution in [0.25, 0.3) is 0 Å². The number of ketones is 1. The van der Waals surface area contributed by atoms with Crippen LogP contribution in [0.4, 0.5) is 0 Å². The fourth-order valence-corrected chi connectivity index (χ4v) is 3.84. The molecule has 1 aromatic carbocycles. The average molecular weight is 286 g/mol. The minimum absolute atomic E-state index is 0.102. The van der Waals surface area contributed by atoms with Crippen molar-refractivity contribution >= 4 is 5.78 Å². The van der Waals surface area contributed by atoms with Crippen molar-refractivity contribution in [3.63, 3.8) is 0 Å². The van der Waals surface area contributed by atoms with Gasteiger partial charge in [-0.1, -0.05) is 51.7 Å². The molecule has 0 aromatic heterocycles. The van der Waals surface area contributed by atoms with Crippen molar-refractivity contribution in [3.05, 3.63) is 29.8 Å². The van der Waals surface area contributed by atoms with E-state index in [1.54, 1.807) is 0 Å². The molecular formula is C19H26O2. The van der Waals surface area contributed by atoms with Gasteiger partial charge in [0.1, 0.15) is 17.6 Å². The third-order valence-electron chi connectivity index (χ3n) is 5.34. The van der Waals surface area contributed by atoms with E-state index < -0.39 is 0 Å². The molecule has 2 aliphatic rings. The highest BCUT2D eigenvalue weighted by Gasteiger charge is 2.55. The summed E-state index contributed by atoms with van der Waals surface area (Å²) in [5.41, 5.74) is 1.14. The third kappa shape index (κ3) is 2.73. The number of ether oxygens (including phenoxy) is 1. The van der Waals surface area contributed by atoms with Crippen molar-refractivity contribution < 1.29 is 9.53 Å². The second kappa shape index (κ2) is 5.82. The summed E-state index contributed by atoms with van der Waals surface area (Å²) in [6.45, 7) is 4.39. The van der Waals surface area contributed by atoms with Crippen LogP contribution >= 0.6 is 0 Å². The van der Waals surface area contributed by atoms with Gasteiger partial charge in [0, 0.05) is 6.42 Å². The first-order valence-corrected chi connectivity index (χ1v) is 8.42. The second-order valence-electron chi connectivity index (χ2n) is 7.03. The minimum atomic E-state index is -0.162. The molecule has 0 bridgehead atoms. The van der Waals surface area contributed by atoms with Gasteiger partial charge in [-0.25, -0.2) is 0 Å². The quantitative estimate of drug-likeness (QED) is 0.792. The van der Waals surface area contributed by atoms with Gasteiger partial charge in [0.15, 0.2) is 0 Å². The van der Waals surface area contributed by atoms with E-state index >= 15 is 0 Å². The molecule has 0 aliphatic heterocycles. The zero-order valence-corrected chi connectivity index (χ0v) is 13.2. The Morgan fingerprint density at radius 2 is 1.86 bits per heavy atom. The lowest BCUT2D eigenvalue weighted by molar-refractivity contribution is -0.154. The van der Waals surface area contributed by atoms with Crippen molar-refractivity contribution in [1.29, 1.82) is 0 Å². The molecule has 2 aliphatic carbocycles. The summed E-state index contributed by atoms with van der Waals surface area (Å²) < 4.78 is 6.24. The zero-order valence-electron chi connectivity index (χ0n) is 13.2. The molecule has 21 heavy (non-hydrogen) atoms. The highest BCUT2D eigenvalue weighted by Crippen LogP contribution is 2.49. The Balaban J connectivity index is 1.75. The van der Waals surface area contributed by atoms with E-state index in [-0.39, 0.29) is 11.5 Å². The van der Waals surface area contributed by atoms with Crippen LogP contribution in [0.15, 0.2) is 24.3 Å². The molecule has 3 rings (SSSR count). The first-order valence-electron chi connectivity index (χ1n) is 8.42. The molecule has 1 aromatic rings. The molecule has 1 atom stereocenters. The first kappa shape index (κ1) is 14.6. The third-order valence-corrected chi connectivity index (χ3v) is 5.34. The molecule has 0 heterocycles. The van der Waals surface area contributed by atoms with Crippen LogP contribution in [-0.2, 0) is 4.79 Å². The zero-order chi connectivity index (χ0) is 14.9. The Morgan fingerprint density at radius 1 is 1.14 bits per heavy atom. The van der Waals surface area contributed by atoms with Gasteiger partial charge in [0.05, 0.1) is 5.41 Å². The molecule has 2 saturated carbocycles. The van der Waals surface area contributed by atoms with Gasteiger partial charge in [0.25, 0.3) is 0 Å². The van der Waals surface area contributed by atoms with Crippen molar-refractivity contribution in [1.82, 2.24) is 0 Å². The highest BCUT2D eigenvalue weighted by atomic mass is 16.5. The summed E-state index contributed by atoms with van der Waals surface area (Å²) in [6, 6.07) is 8.37. The summed E-state index contributed by atoms with van der Waals surface area (Å²) in [5.74, 6) is 1.88. The smallest absolute Gasteiger partial charge is 0.146 e. The fourth-order valence-electron chi connectivity index (χ4n) is 3.84. The molecule has 0 N–H and O–H groups in total. The van der Waals surface area contributed by atoms with E-state index in [1.807, 2.05) is 6.07 Å². The fraction of sp³-hybridized carbons (Fsp3) is 0.632. The first-order chi connectivity index (χ1) is 10.1. The maximum atomic E-state index is 12.3. The maximum Gasteiger partial charge on any atom is 0.146 e. The lowest BCUT2D eigenvalue weighted by Gasteiger charge is -2.47. The minimum Gasteiger partial charge on any atom is -0.489 e. The van der Waals surface area contributed by atoms with Gasteiger partial charge in [-0.3, -0.25) is 4.79 Å². The number of carbonyl (C=O) groups excluding carboxylic acids is 1. The van der Waals surface area contributed by atoms with E-state index in [9.17, 15) is 4.79 Å². The Labute approximate surface area is 127 Å². The largest absolute Gasteiger partial charge is 0.489 e. The van der Waals surface area contributed by atoms with Crippen LogP contribution in [0.5, 0.6) is 5.75 Å². The molecule has 2 heteroatoms. The van der Waals surface area contributed by atoms with Crippen molar-refractivity contribution in [3.8, 4) is 5.75 Å². The molecule has 0 radical (unpaired) electrons. The van der Waals surface area contributed by atoms with Crippen LogP contribution < -0.4 is 4.74 Å². The molecule has 2 nitrogen and oxygen atoms in total. The lowest BCUT2D eigenvalue weighted by Crippen LogP contribution is -2.56. The number of carbonyl (C=O) groups is 1. The van der Waals surface area contributed by atoms with Gasteiger partial charge in [-0.05, 0) is 36.5 Å². The van der Waals surface area contributed by atoms with Crippen LogP contribution in [0, 0.1) is 5.41 Å². The molecule has 0 amide bonds. The monoisotopic (exact) mass is 286 g/mol. The number of Topliss-reactive ketones (excluding diaryl/α,β-unsaturated/α-hetero) is 1. The summed E-state index contributed by atoms with van der Waals surface area (Å²) >= 11 is 0. The van der Waals surface area contributed by atoms with Crippen molar-refractivity contribution in [2.75, 3.05) is 0 Å². The van der Waals surface area contributed by atoms with Gasteiger partial charge >= 0.3 is 0 Å². The standard InChI is InChI=1S/C19H26O2/c1-14(2)15-8-7-9-16(12-15)21-18-13-17(20)19(18)10-5-3-4-6-11-19/h7-9,12,14,18H,3-6,10-11,13H2,1-2H3. The van der Waals surface area contributed by atoms with E-state index in [0.29, 0.717) is 18.1 Å². The normalized spacial score (nSPS) is 24.7. The van der Waals surface area contributed by atoms with E-state index in [2.05, 4.69) is 32.0 Å². The second-order valence-corrected chi connectivity index (χ2v) is 7.03. The van der Waals surface area contributed by atoms with Gasteiger partial charge in [0.2, 0.25) is 0 Å². The topological polar surface area (TPSA) is 26.3 Å². The molecule has 2 fully saturated rings. The Hall–Kier alpha value is -1.31. The molecule has 114 valence electrons. The predicted molar refractivity (Wildman–Crippen MR) is 84.7 cm³/mol. The summed E-state index contributed by atoms with van der Waals surface area (Å²) in [7, 11) is 0. The van der Waals surface area contributed by atoms with Gasteiger partial charge in [-0.15, -0.1) is 0 Å². The van der Waals surface area contributed by atoms with E-state index in [0.717, 1.165) is 18.6 Å². The Bertz CT molecular complexity index is 510. The van der Waals surface area contributed by atoms with Crippen molar-refractivity contribution in [2.45, 2.75) is 70.8 Å². The summed E-state index contributed by atoms with van der Waals surface area (Å²) in [5, 5.41) is 0. The molecule has 0 saturated heterocycles. The van der Waals surface area contributed by atoms with E-state index in [1.165, 1.54) is 31.2 Å². The van der Waals surface area contributed by atoms with Crippen LogP contribution in [0.1, 0.15) is 70.3 Å². The Morgan fingerprint density at radius 3 is 2.48 bits per heavy atom. The number of hydrogen-bond donors (Lipinski definition) is 0. The van der Waals surface area contributed by atoms with Gasteiger partial charge < -0.3 is 4.74 Å². The summed E-state index contributed by atoms with van der Waals surface area (Å²) in [4.78, 5) is 12.3. The average Bonchev–Trinajstić information content (AvgIpc) is 2.75. The number of rotatable bonds is 3. The number of benzene rings is 1. The molecule has 1 spiro atoms. The molecular weight excluding hydrogens is 260 g/mol. The maximum absolute atomic E-state index is 12.3. The highest BCUT2D eigenvalue weighted by molar-refractivity contribution is 5.92. The van der Waals surface area contributed by atoms with Crippen molar-refractivity contribution in [2.24, 2.45) is 5.41 Å².